The number of likely N-dealkylation sites (tertiary alicyclic amines) is 2. The van der Waals surface area contributed by atoms with E-state index >= 15 is 0 Å². The molecule has 2 aromatic rings. The fourth-order valence-corrected chi connectivity index (χ4v) is 7.19. The molecule has 0 spiro atoms. The van der Waals surface area contributed by atoms with Gasteiger partial charge in [-0.15, -0.1) is 0 Å². The van der Waals surface area contributed by atoms with Gasteiger partial charge in [0.15, 0.2) is 0 Å². The summed E-state index contributed by atoms with van der Waals surface area (Å²) in [6.07, 6.45) is 4.42. The van der Waals surface area contributed by atoms with Crippen molar-refractivity contribution in [2.45, 2.75) is 57.4 Å². The first kappa shape index (κ1) is 36.0. The van der Waals surface area contributed by atoms with Crippen LogP contribution in [-0.4, -0.2) is 98.1 Å². The minimum Gasteiger partial charge on any atom is -0.399 e. The molecule has 9 nitrogen and oxygen atoms in total. The Hall–Kier alpha value is -2.85. The van der Waals surface area contributed by atoms with Crippen LogP contribution in [0.1, 0.15) is 65.9 Å². The molecule has 250 valence electrons. The summed E-state index contributed by atoms with van der Waals surface area (Å²) in [5.74, 6) is -0.574. The molecular weight excluding hydrogens is 649 g/mol. The minimum absolute atomic E-state index is 0.0851. The number of rotatable bonds is 12. The van der Waals surface area contributed by atoms with E-state index in [0.717, 1.165) is 63.0 Å². The zero-order chi connectivity index (χ0) is 33.4. The van der Waals surface area contributed by atoms with Gasteiger partial charge < -0.3 is 24.9 Å². The molecule has 2 aliphatic heterocycles. The van der Waals surface area contributed by atoms with Crippen molar-refractivity contribution in [3.63, 3.8) is 0 Å². The van der Waals surface area contributed by atoms with Crippen molar-refractivity contribution < 1.29 is 19.2 Å². The van der Waals surface area contributed by atoms with Gasteiger partial charge >= 0.3 is 0 Å². The molecule has 2 heterocycles. The molecule has 46 heavy (non-hydrogen) atoms. The average Bonchev–Trinajstić information content (AvgIpc) is 3.03. The lowest BCUT2D eigenvalue weighted by atomic mass is 9.89. The zero-order valence-corrected chi connectivity index (χ0v) is 29.3. The number of carbonyl (C=O) groups excluding carboxylic acids is 3. The van der Waals surface area contributed by atoms with Gasteiger partial charge in [0, 0.05) is 68.6 Å². The Labute approximate surface area is 287 Å². The predicted octanol–water partition coefficient (Wildman–Crippen LogP) is 6.04. The first-order chi connectivity index (χ1) is 22.0. The Kier molecular flexibility index (Phi) is 13.2. The SMILES string of the molecule is CNC(=O)CC1CCCN(C2CCN(CCC(/C(CN(C)C(=O)c3cc(C)cc(Cl)c3)=N/OC)c3ccc(Cl)c(Cl)c3)CC2)C1=O. The van der Waals surface area contributed by atoms with E-state index in [0.29, 0.717) is 32.8 Å². The van der Waals surface area contributed by atoms with Crippen LogP contribution >= 0.6 is 34.8 Å². The van der Waals surface area contributed by atoms with Crippen LogP contribution in [0.4, 0.5) is 0 Å². The zero-order valence-electron chi connectivity index (χ0n) is 27.0. The van der Waals surface area contributed by atoms with Crippen LogP contribution in [0.5, 0.6) is 0 Å². The van der Waals surface area contributed by atoms with Crippen molar-refractivity contribution in [2.75, 3.05) is 53.9 Å². The summed E-state index contributed by atoms with van der Waals surface area (Å²) in [7, 11) is 4.85. The Balaban J connectivity index is 1.44. The second kappa shape index (κ2) is 16.8. The van der Waals surface area contributed by atoms with Crippen molar-refractivity contribution in [1.82, 2.24) is 20.0 Å². The smallest absolute Gasteiger partial charge is 0.253 e. The largest absolute Gasteiger partial charge is 0.399 e. The molecule has 2 aromatic carbocycles. The van der Waals surface area contributed by atoms with E-state index in [4.69, 9.17) is 39.6 Å². The van der Waals surface area contributed by atoms with Gasteiger partial charge in [0.25, 0.3) is 5.91 Å². The van der Waals surface area contributed by atoms with Crippen molar-refractivity contribution in [3.05, 3.63) is 68.2 Å². The van der Waals surface area contributed by atoms with Crippen LogP contribution in [0.2, 0.25) is 15.1 Å². The summed E-state index contributed by atoms with van der Waals surface area (Å²) in [5, 5.41) is 8.47. The molecule has 2 saturated heterocycles. The van der Waals surface area contributed by atoms with Gasteiger partial charge in [-0.25, -0.2) is 0 Å². The molecule has 2 aliphatic rings. The van der Waals surface area contributed by atoms with Gasteiger partial charge in [0.05, 0.1) is 22.3 Å². The standard InChI is InChI=1S/C34H44Cl3N5O4/c1-22-16-25(18-26(35)17-22)33(44)40(3)21-31(39-46-4)28(23-7-8-29(36)30(37)19-23)11-15-41-13-9-27(10-14-41)42-12-5-6-24(34(42)45)20-32(43)38-2/h7-8,16-19,24,27-28H,5-6,9-15,20-21H2,1-4H3,(H,38,43)/b39-31+. The van der Waals surface area contributed by atoms with Gasteiger partial charge in [-0.1, -0.05) is 46.0 Å². The van der Waals surface area contributed by atoms with Gasteiger partial charge in [-0.3, -0.25) is 14.4 Å². The molecule has 1 N–H and O–H groups in total. The van der Waals surface area contributed by atoms with Gasteiger partial charge in [-0.05, 0) is 87.0 Å². The molecule has 0 aromatic heterocycles. The maximum absolute atomic E-state index is 13.4. The van der Waals surface area contributed by atoms with Gasteiger partial charge in [0.1, 0.15) is 7.11 Å². The topological polar surface area (TPSA) is 94.6 Å². The Bertz CT molecular complexity index is 1410. The minimum atomic E-state index is -0.231. The number of nitrogens with zero attached hydrogens (tertiary/aromatic N) is 4. The molecule has 3 amide bonds. The second-order valence-corrected chi connectivity index (χ2v) is 13.5. The molecule has 0 aliphatic carbocycles. The maximum Gasteiger partial charge on any atom is 0.253 e. The van der Waals surface area contributed by atoms with E-state index in [1.807, 2.05) is 36.1 Å². The normalized spacial score (nSPS) is 18.8. The number of halogens is 3. The monoisotopic (exact) mass is 691 g/mol. The number of oxime groups is 1. The Morgan fingerprint density at radius 1 is 1.07 bits per heavy atom. The summed E-state index contributed by atoms with van der Waals surface area (Å²) >= 11 is 19.0. The average molecular weight is 693 g/mol. The lowest BCUT2D eigenvalue weighted by Crippen LogP contribution is -2.52. The van der Waals surface area contributed by atoms with Crippen molar-refractivity contribution in [3.8, 4) is 0 Å². The fraction of sp³-hybridized carbons (Fsp3) is 0.529. The van der Waals surface area contributed by atoms with E-state index in [9.17, 15) is 14.4 Å². The van der Waals surface area contributed by atoms with Crippen LogP contribution in [0.15, 0.2) is 41.6 Å². The molecule has 0 saturated carbocycles. The number of nitrogens with one attached hydrogen (secondary N) is 1. The van der Waals surface area contributed by atoms with Crippen molar-refractivity contribution in [1.29, 1.82) is 0 Å². The Morgan fingerprint density at radius 2 is 1.80 bits per heavy atom. The predicted molar refractivity (Wildman–Crippen MR) is 184 cm³/mol. The van der Waals surface area contributed by atoms with E-state index < -0.39 is 0 Å². The molecule has 2 fully saturated rings. The molecule has 0 bridgehead atoms. The molecule has 4 rings (SSSR count). The highest BCUT2D eigenvalue weighted by atomic mass is 35.5. The number of amides is 3. The highest BCUT2D eigenvalue weighted by molar-refractivity contribution is 6.42. The highest BCUT2D eigenvalue weighted by Gasteiger charge is 2.36. The van der Waals surface area contributed by atoms with E-state index in [1.54, 1.807) is 31.1 Å². The van der Waals surface area contributed by atoms with Crippen LogP contribution in [-0.2, 0) is 14.4 Å². The fourth-order valence-electron chi connectivity index (χ4n) is 6.59. The number of piperidine rings is 2. The third-order valence-corrected chi connectivity index (χ3v) is 9.98. The first-order valence-corrected chi connectivity index (χ1v) is 16.9. The number of aryl methyl sites for hydroxylation is 1. The number of hydrogen-bond donors (Lipinski definition) is 1. The summed E-state index contributed by atoms with van der Waals surface area (Å²) in [5.41, 5.74) is 3.03. The second-order valence-electron chi connectivity index (χ2n) is 12.3. The van der Waals surface area contributed by atoms with E-state index in [-0.39, 0.29) is 48.6 Å². The lowest BCUT2D eigenvalue weighted by Gasteiger charge is -2.42. The third-order valence-electron chi connectivity index (χ3n) is 9.02. The van der Waals surface area contributed by atoms with Crippen molar-refractivity contribution in [2.24, 2.45) is 11.1 Å². The van der Waals surface area contributed by atoms with Crippen LogP contribution < -0.4 is 5.32 Å². The quantitative estimate of drug-likeness (QED) is 0.216. The molecule has 0 radical (unpaired) electrons. The highest BCUT2D eigenvalue weighted by Crippen LogP contribution is 2.31. The summed E-state index contributed by atoms with van der Waals surface area (Å²) in [6, 6.07) is 11.0. The summed E-state index contributed by atoms with van der Waals surface area (Å²) in [6.45, 7) is 5.37. The van der Waals surface area contributed by atoms with Crippen LogP contribution in [0.3, 0.4) is 0 Å². The van der Waals surface area contributed by atoms with E-state index in [2.05, 4.69) is 15.4 Å². The molecule has 12 heteroatoms. The molecule has 2 unspecified atom stereocenters. The van der Waals surface area contributed by atoms with Crippen LogP contribution in [0.25, 0.3) is 0 Å². The molecule has 2 atom stereocenters. The van der Waals surface area contributed by atoms with E-state index in [1.165, 1.54) is 7.11 Å². The lowest BCUT2D eigenvalue weighted by molar-refractivity contribution is -0.144. The summed E-state index contributed by atoms with van der Waals surface area (Å²) in [4.78, 5) is 49.9. The number of benzene rings is 2. The third kappa shape index (κ3) is 9.37. The first-order valence-electron chi connectivity index (χ1n) is 15.8. The van der Waals surface area contributed by atoms with Crippen LogP contribution in [0, 0.1) is 12.8 Å². The van der Waals surface area contributed by atoms with Gasteiger partial charge in [-0.2, -0.15) is 0 Å². The molecular formula is C34H44Cl3N5O4. The maximum atomic E-state index is 13.4. The summed E-state index contributed by atoms with van der Waals surface area (Å²) < 4.78 is 0. The number of hydrogen-bond acceptors (Lipinski definition) is 6. The van der Waals surface area contributed by atoms with Gasteiger partial charge in [0.2, 0.25) is 11.8 Å². The Morgan fingerprint density at radius 3 is 2.46 bits per heavy atom. The van der Waals surface area contributed by atoms with Crippen molar-refractivity contribution >= 4 is 58.2 Å². The number of carbonyl (C=O) groups is 3.